The van der Waals surface area contributed by atoms with Crippen LogP contribution in [0, 0.1) is 17.2 Å². The highest BCUT2D eigenvalue weighted by molar-refractivity contribution is 5.70. The highest BCUT2D eigenvalue weighted by Crippen LogP contribution is 2.15. The molecule has 1 rings (SSSR count). The molecule has 0 heterocycles. The summed E-state index contributed by atoms with van der Waals surface area (Å²) in [5.74, 6) is -1.27. The summed E-state index contributed by atoms with van der Waals surface area (Å²) < 4.78 is 0. The lowest BCUT2D eigenvalue weighted by Gasteiger charge is -2.25. The van der Waals surface area contributed by atoms with Crippen LogP contribution in [0.4, 0.5) is 5.69 Å². The number of carboxylic acid groups (broad SMARTS) is 1. The van der Waals surface area contributed by atoms with Gasteiger partial charge in [-0.3, -0.25) is 4.79 Å². The van der Waals surface area contributed by atoms with Gasteiger partial charge in [0.2, 0.25) is 0 Å². The van der Waals surface area contributed by atoms with E-state index in [0.717, 1.165) is 5.69 Å². The summed E-state index contributed by atoms with van der Waals surface area (Å²) in [7, 11) is 0. The van der Waals surface area contributed by atoms with Gasteiger partial charge in [0.05, 0.1) is 18.4 Å². The topological polar surface area (TPSA) is 64.3 Å². The number of benzene rings is 1. The predicted molar refractivity (Wildman–Crippen MR) is 65.7 cm³/mol. The van der Waals surface area contributed by atoms with Gasteiger partial charge in [-0.1, -0.05) is 25.1 Å². The first-order chi connectivity index (χ1) is 8.15. The Hall–Kier alpha value is -2.02. The predicted octanol–water partition coefficient (Wildman–Crippen LogP) is 2.13. The van der Waals surface area contributed by atoms with E-state index in [9.17, 15) is 4.79 Å². The van der Waals surface area contributed by atoms with E-state index in [1.165, 1.54) is 0 Å². The zero-order chi connectivity index (χ0) is 12.7. The molecule has 4 heteroatoms. The van der Waals surface area contributed by atoms with Crippen LogP contribution in [-0.2, 0) is 4.79 Å². The number of nitriles is 1. The molecule has 90 valence electrons. The number of rotatable bonds is 6. The number of hydrogen-bond donors (Lipinski definition) is 1. The van der Waals surface area contributed by atoms with Gasteiger partial charge < -0.3 is 10.0 Å². The van der Waals surface area contributed by atoms with E-state index >= 15 is 0 Å². The van der Waals surface area contributed by atoms with Crippen molar-refractivity contribution in [3.63, 3.8) is 0 Å². The van der Waals surface area contributed by atoms with Gasteiger partial charge in [-0.15, -0.1) is 0 Å². The summed E-state index contributed by atoms with van der Waals surface area (Å²) >= 11 is 0. The molecule has 0 fully saturated rings. The van der Waals surface area contributed by atoms with Crippen molar-refractivity contribution in [1.82, 2.24) is 0 Å². The third kappa shape index (κ3) is 4.15. The largest absolute Gasteiger partial charge is 0.481 e. The van der Waals surface area contributed by atoms with Crippen LogP contribution in [0.3, 0.4) is 0 Å². The average molecular weight is 232 g/mol. The lowest BCUT2D eigenvalue weighted by molar-refractivity contribution is -0.140. The maximum Gasteiger partial charge on any atom is 0.308 e. The lowest BCUT2D eigenvalue weighted by atomic mass is 10.1. The van der Waals surface area contributed by atoms with E-state index in [2.05, 4.69) is 6.07 Å². The zero-order valence-electron chi connectivity index (χ0n) is 9.84. The number of carboxylic acids is 1. The maximum atomic E-state index is 10.8. The van der Waals surface area contributed by atoms with Gasteiger partial charge in [0.25, 0.3) is 0 Å². The Morgan fingerprint density at radius 1 is 1.47 bits per heavy atom. The number of hydrogen-bond acceptors (Lipinski definition) is 3. The van der Waals surface area contributed by atoms with Gasteiger partial charge >= 0.3 is 5.97 Å². The minimum atomic E-state index is -0.817. The lowest BCUT2D eigenvalue weighted by Crippen LogP contribution is -2.32. The van der Waals surface area contributed by atoms with E-state index < -0.39 is 11.9 Å². The fraction of sp³-hybridized carbons (Fsp3) is 0.385. The second-order valence-electron chi connectivity index (χ2n) is 3.93. The molecule has 0 amide bonds. The van der Waals surface area contributed by atoms with Crippen LogP contribution in [0.15, 0.2) is 30.3 Å². The molecule has 0 aliphatic heterocycles. The fourth-order valence-electron chi connectivity index (χ4n) is 1.56. The van der Waals surface area contributed by atoms with Gasteiger partial charge in [-0.05, 0) is 12.1 Å². The molecule has 0 saturated heterocycles. The molecule has 1 aromatic rings. The molecule has 1 N–H and O–H groups in total. The second kappa shape index (κ2) is 6.54. The molecule has 0 aliphatic carbocycles. The van der Waals surface area contributed by atoms with Crippen molar-refractivity contribution in [2.24, 2.45) is 5.92 Å². The summed E-state index contributed by atoms with van der Waals surface area (Å²) in [6, 6.07) is 11.6. The Kier molecular flexibility index (Phi) is 5.02. The SMILES string of the molecule is CC(CN(CCC#N)c1ccccc1)C(=O)O. The summed E-state index contributed by atoms with van der Waals surface area (Å²) in [4.78, 5) is 12.8. The van der Waals surface area contributed by atoms with E-state index in [4.69, 9.17) is 10.4 Å². The minimum Gasteiger partial charge on any atom is -0.481 e. The minimum absolute atomic E-state index is 0.390. The van der Waals surface area contributed by atoms with Crippen LogP contribution in [-0.4, -0.2) is 24.2 Å². The van der Waals surface area contributed by atoms with Gasteiger partial charge in [0.1, 0.15) is 0 Å². The van der Waals surface area contributed by atoms with Crippen LogP contribution in [0.5, 0.6) is 0 Å². The Morgan fingerprint density at radius 2 is 2.12 bits per heavy atom. The van der Waals surface area contributed by atoms with Crippen LogP contribution < -0.4 is 4.90 Å². The van der Waals surface area contributed by atoms with E-state index in [1.54, 1.807) is 6.92 Å². The Balaban J connectivity index is 2.74. The zero-order valence-corrected chi connectivity index (χ0v) is 9.84. The summed E-state index contributed by atoms with van der Waals surface area (Å²) in [5.41, 5.74) is 0.954. The fourth-order valence-corrected chi connectivity index (χ4v) is 1.56. The van der Waals surface area contributed by atoms with Crippen LogP contribution in [0.1, 0.15) is 13.3 Å². The third-order valence-corrected chi connectivity index (χ3v) is 2.53. The van der Waals surface area contributed by atoms with Crippen LogP contribution in [0.25, 0.3) is 0 Å². The summed E-state index contributed by atoms with van der Waals surface area (Å²) in [6.45, 7) is 2.64. The molecule has 1 aromatic carbocycles. The highest BCUT2D eigenvalue weighted by atomic mass is 16.4. The van der Waals surface area contributed by atoms with E-state index in [1.807, 2.05) is 35.2 Å². The smallest absolute Gasteiger partial charge is 0.308 e. The number of para-hydroxylation sites is 1. The number of carbonyl (C=O) groups is 1. The average Bonchev–Trinajstić information content (AvgIpc) is 2.35. The van der Waals surface area contributed by atoms with Crippen molar-refractivity contribution in [3.8, 4) is 6.07 Å². The molecule has 0 aliphatic rings. The van der Waals surface area contributed by atoms with E-state index in [0.29, 0.717) is 19.5 Å². The normalized spacial score (nSPS) is 11.5. The van der Waals surface area contributed by atoms with Gasteiger partial charge in [0, 0.05) is 18.8 Å². The number of anilines is 1. The summed E-state index contributed by atoms with van der Waals surface area (Å²) in [6.07, 6.45) is 0.390. The molecule has 0 radical (unpaired) electrons. The summed E-state index contributed by atoms with van der Waals surface area (Å²) in [5, 5.41) is 17.5. The molecular weight excluding hydrogens is 216 g/mol. The van der Waals surface area contributed by atoms with Crippen molar-refractivity contribution in [1.29, 1.82) is 5.26 Å². The van der Waals surface area contributed by atoms with Crippen molar-refractivity contribution >= 4 is 11.7 Å². The molecule has 0 bridgehead atoms. The van der Waals surface area contributed by atoms with E-state index in [-0.39, 0.29) is 0 Å². The Bertz CT molecular complexity index is 398. The first-order valence-corrected chi connectivity index (χ1v) is 5.55. The molecule has 4 nitrogen and oxygen atoms in total. The van der Waals surface area contributed by atoms with Gasteiger partial charge in [0.15, 0.2) is 0 Å². The molecule has 17 heavy (non-hydrogen) atoms. The molecular formula is C13H16N2O2. The van der Waals surface area contributed by atoms with Gasteiger partial charge in [-0.2, -0.15) is 5.26 Å². The molecule has 0 spiro atoms. The molecule has 0 saturated carbocycles. The van der Waals surface area contributed by atoms with Crippen molar-refractivity contribution in [3.05, 3.63) is 30.3 Å². The Labute approximate surface area is 101 Å². The molecule has 1 atom stereocenters. The molecule has 1 unspecified atom stereocenters. The second-order valence-corrected chi connectivity index (χ2v) is 3.93. The standard InChI is InChI=1S/C13H16N2O2/c1-11(13(16)17)10-15(9-5-8-14)12-6-3-2-4-7-12/h2-4,6-7,11H,5,9-10H2,1H3,(H,16,17). The number of nitrogens with zero attached hydrogens (tertiary/aromatic N) is 2. The highest BCUT2D eigenvalue weighted by Gasteiger charge is 2.16. The van der Waals surface area contributed by atoms with Crippen molar-refractivity contribution in [2.45, 2.75) is 13.3 Å². The maximum absolute atomic E-state index is 10.8. The number of aliphatic carboxylic acids is 1. The molecule has 0 aromatic heterocycles. The third-order valence-electron chi connectivity index (χ3n) is 2.53. The van der Waals surface area contributed by atoms with Crippen molar-refractivity contribution < 1.29 is 9.90 Å². The Morgan fingerprint density at radius 3 is 2.65 bits per heavy atom. The quantitative estimate of drug-likeness (QED) is 0.816. The van der Waals surface area contributed by atoms with Crippen LogP contribution in [0.2, 0.25) is 0 Å². The van der Waals surface area contributed by atoms with Gasteiger partial charge in [-0.25, -0.2) is 0 Å². The monoisotopic (exact) mass is 232 g/mol. The first-order valence-electron chi connectivity index (χ1n) is 5.55. The first kappa shape index (κ1) is 13.0. The van der Waals surface area contributed by atoms with Crippen molar-refractivity contribution in [2.75, 3.05) is 18.0 Å². The van der Waals surface area contributed by atoms with Crippen LogP contribution >= 0.6 is 0 Å².